The minimum absolute atomic E-state index is 0.517. The van der Waals surface area contributed by atoms with Crippen molar-refractivity contribution in [1.29, 1.82) is 0 Å². The van der Waals surface area contributed by atoms with E-state index >= 15 is 0 Å². The van der Waals surface area contributed by atoms with Crippen molar-refractivity contribution in [3.63, 3.8) is 0 Å². The second-order valence-corrected chi connectivity index (χ2v) is 3.06. The monoisotopic (exact) mass is 220 g/mol. The summed E-state index contributed by atoms with van der Waals surface area (Å²) >= 11 is 0. The maximum atomic E-state index is 12.3. The summed E-state index contributed by atoms with van der Waals surface area (Å²) < 4.78 is 17.5. The van der Waals surface area contributed by atoms with Crippen LogP contribution >= 0.6 is 0 Å². The molecule has 2 heteroatoms. The zero-order chi connectivity index (χ0) is 12.6. The minimum atomic E-state index is -0.517. The first kappa shape index (κ1) is 14.2. The smallest absolute Gasteiger partial charge is 0.116 e. The zero-order valence-corrected chi connectivity index (χ0v) is 9.63. The third-order valence-corrected chi connectivity index (χ3v) is 1.68. The summed E-state index contributed by atoms with van der Waals surface area (Å²) in [5, 5.41) is 0. The molecule has 0 radical (unpaired) electrons. The van der Waals surface area contributed by atoms with Gasteiger partial charge >= 0.3 is 0 Å². The van der Waals surface area contributed by atoms with Crippen molar-refractivity contribution in [1.82, 2.24) is 0 Å². The van der Waals surface area contributed by atoms with Crippen LogP contribution in [0, 0.1) is 0 Å². The van der Waals surface area contributed by atoms with Crippen molar-refractivity contribution >= 4 is 0 Å². The maximum Gasteiger partial charge on any atom is 0.116 e. The summed E-state index contributed by atoms with van der Waals surface area (Å²) in [5.74, 6) is 0.0342. The lowest BCUT2D eigenvalue weighted by Crippen LogP contribution is -1.86. The first-order valence-corrected chi connectivity index (χ1v) is 4.87. The van der Waals surface area contributed by atoms with Gasteiger partial charge in [0, 0.05) is 0 Å². The first-order chi connectivity index (χ1) is 7.47. The van der Waals surface area contributed by atoms with E-state index in [1.807, 2.05) is 6.92 Å². The van der Waals surface area contributed by atoms with Crippen LogP contribution in [0.5, 0.6) is 0 Å². The molecule has 0 saturated carbocycles. The molecule has 0 aliphatic rings. The van der Waals surface area contributed by atoms with Gasteiger partial charge in [-0.25, -0.2) is 4.39 Å². The Balaban J connectivity index is 4.31. The van der Waals surface area contributed by atoms with E-state index < -0.39 is 5.83 Å². The topological polar surface area (TPSA) is 9.23 Å². The van der Waals surface area contributed by atoms with Crippen molar-refractivity contribution < 1.29 is 9.13 Å². The van der Waals surface area contributed by atoms with E-state index in [0.29, 0.717) is 23.5 Å². The highest BCUT2D eigenvalue weighted by Crippen LogP contribution is 2.11. The van der Waals surface area contributed by atoms with Crippen molar-refractivity contribution in [2.45, 2.75) is 6.92 Å². The Morgan fingerprint density at radius 3 is 1.94 bits per heavy atom. The number of hydrogen-bond donors (Lipinski definition) is 0. The predicted octanol–water partition coefficient (Wildman–Crippen LogP) is 4.24. The molecule has 0 spiro atoms. The van der Waals surface area contributed by atoms with E-state index in [2.05, 4.69) is 26.3 Å². The van der Waals surface area contributed by atoms with Crippen LogP contribution in [-0.2, 0) is 4.74 Å². The van der Waals surface area contributed by atoms with Gasteiger partial charge in [-0.2, -0.15) is 0 Å². The van der Waals surface area contributed by atoms with Crippen LogP contribution in [0.15, 0.2) is 73.4 Å². The first-order valence-electron chi connectivity index (χ1n) is 4.87. The molecule has 0 unspecified atom stereocenters. The molecule has 0 aromatic rings. The lowest BCUT2D eigenvalue weighted by atomic mass is 10.1. The molecule has 86 valence electrons. The molecule has 0 aromatic heterocycles. The summed E-state index contributed by atoms with van der Waals surface area (Å²) in [7, 11) is 0. The summed E-state index contributed by atoms with van der Waals surface area (Å²) in [6.07, 6.45) is 6.15. The van der Waals surface area contributed by atoms with E-state index in [1.54, 1.807) is 12.2 Å². The zero-order valence-electron chi connectivity index (χ0n) is 9.63. The molecule has 16 heavy (non-hydrogen) atoms. The molecule has 0 aliphatic carbocycles. The number of rotatable bonds is 7. The summed E-state index contributed by atoms with van der Waals surface area (Å²) in [5.41, 5.74) is 1.28. The number of halogens is 1. The highest BCUT2D eigenvalue weighted by molar-refractivity contribution is 5.44. The second kappa shape index (κ2) is 7.46. The SMILES string of the molecule is C=C(F)/C=C\C(=C)C(=C)/C=C\C(=C)OCC. The van der Waals surface area contributed by atoms with Gasteiger partial charge in [0.25, 0.3) is 0 Å². The number of allylic oxidation sites excluding steroid dienone is 7. The molecule has 0 amide bonds. The van der Waals surface area contributed by atoms with Gasteiger partial charge in [0.1, 0.15) is 11.6 Å². The van der Waals surface area contributed by atoms with Crippen molar-refractivity contribution in [2.24, 2.45) is 0 Å². The molecule has 0 atom stereocenters. The Hall–Kier alpha value is -1.83. The quantitative estimate of drug-likeness (QED) is 0.460. The molecule has 1 nitrogen and oxygen atoms in total. The maximum absolute atomic E-state index is 12.3. The largest absolute Gasteiger partial charge is 0.495 e. The van der Waals surface area contributed by atoms with Crippen LogP contribution in [0.3, 0.4) is 0 Å². The Morgan fingerprint density at radius 2 is 1.50 bits per heavy atom. The van der Waals surface area contributed by atoms with Gasteiger partial charge in [-0.15, -0.1) is 0 Å². The fraction of sp³-hybridized carbons (Fsp3) is 0.143. The minimum Gasteiger partial charge on any atom is -0.495 e. The van der Waals surface area contributed by atoms with E-state index in [1.165, 1.54) is 12.2 Å². The van der Waals surface area contributed by atoms with Crippen LogP contribution < -0.4 is 0 Å². The highest BCUT2D eigenvalue weighted by Gasteiger charge is 1.93. The van der Waals surface area contributed by atoms with Crippen LogP contribution in [0.25, 0.3) is 0 Å². The van der Waals surface area contributed by atoms with Gasteiger partial charge in [-0.1, -0.05) is 38.5 Å². The normalized spacial score (nSPS) is 10.6. The molecule has 0 heterocycles. The van der Waals surface area contributed by atoms with Crippen molar-refractivity contribution in [3.8, 4) is 0 Å². The fourth-order valence-corrected chi connectivity index (χ4v) is 0.832. The second-order valence-electron chi connectivity index (χ2n) is 3.06. The average molecular weight is 220 g/mol. The standard InChI is InChI=1S/C14H17FO/c1-6-16-14(5)10-8-12(3)11(2)7-9-13(4)15/h7-10H,2-6H2,1H3/b9-7-,10-8-. The van der Waals surface area contributed by atoms with Gasteiger partial charge in [-0.05, 0) is 30.2 Å². The average Bonchev–Trinajstić information content (AvgIpc) is 2.22. The molecule has 0 rings (SSSR count). The van der Waals surface area contributed by atoms with Crippen LogP contribution in [0.2, 0.25) is 0 Å². The summed E-state index contributed by atoms with van der Waals surface area (Å²) in [6, 6.07) is 0. The molecule has 0 saturated heterocycles. The fourth-order valence-electron chi connectivity index (χ4n) is 0.832. The Kier molecular flexibility index (Phi) is 6.61. The third kappa shape index (κ3) is 6.60. The summed E-state index contributed by atoms with van der Waals surface area (Å²) in [4.78, 5) is 0. The molecule has 0 aromatic carbocycles. The van der Waals surface area contributed by atoms with E-state index in [0.717, 1.165) is 0 Å². The van der Waals surface area contributed by atoms with Gasteiger partial charge in [0.15, 0.2) is 0 Å². The predicted molar refractivity (Wildman–Crippen MR) is 67.6 cm³/mol. The number of hydrogen-bond acceptors (Lipinski definition) is 1. The van der Waals surface area contributed by atoms with Crippen LogP contribution in [0.4, 0.5) is 4.39 Å². The van der Waals surface area contributed by atoms with Crippen molar-refractivity contribution in [3.05, 3.63) is 73.4 Å². The van der Waals surface area contributed by atoms with Gasteiger partial charge in [0.2, 0.25) is 0 Å². The molecular formula is C14H17FO. The Labute approximate surface area is 96.6 Å². The van der Waals surface area contributed by atoms with Gasteiger partial charge in [-0.3, -0.25) is 0 Å². The highest BCUT2D eigenvalue weighted by atomic mass is 19.1. The van der Waals surface area contributed by atoms with E-state index in [-0.39, 0.29) is 0 Å². The molecular weight excluding hydrogens is 203 g/mol. The molecule has 0 fully saturated rings. The lowest BCUT2D eigenvalue weighted by Gasteiger charge is -2.02. The molecule has 0 aliphatic heterocycles. The van der Waals surface area contributed by atoms with Gasteiger partial charge in [0.05, 0.1) is 6.61 Å². The van der Waals surface area contributed by atoms with E-state index in [4.69, 9.17) is 4.74 Å². The van der Waals surface area contributed by atoms with E-state index in [9.17, 15) is 4.39 Å². The van der Waals surface area contributed by atoms with Crippen LogP contribution in [-0.4, -0.2) is 6.61 Å². The Morgan fingerprint density at radius 1 is 1.00 bits per heavy atom. The number of ether oxygens (including phenoxy) is 1. The van der Waals surface area contributed by atoms with Crippen LogP contribution in [0.1, 0.15) is 6.92 Å². The lowest BCUT2D eigenvalue weighted by molar-refractivity contribution is 0.244. The van der Waals surface area contributed by atoms with Crippen molar-refractivity contribution in [2.75, 3.05) is 6.61 Å². The summed E-state index contributed by atoms with van der Waals surface area (Å²) in [6.45, 7) is 16.7. The Bertz CT molecular complexity index is 359. The molecule has 0 bridgehead atoms. The van der Waals surface area contributed by atoms with Gasteiger partial charge < -0.3 is 4.74 Å². The molecule has 0 N–H and O–H groups in total. The third-order valence-electron chi connectivity index (χ3n) is 1.68.